The second kappa shape index (κ2) is 4.17. The summed E-state index contributed by atoms with van der Waals surface area (Å²) in [7, 11) is 0. The van der Waals surface area contributed by atoms with Gasteiger partial charge in [-0.15, -0.1) is 5.10 Å². The standard InChI is InChI=1S/C6H10N6O3/c7-5(8)12-11-3(13)1-2-4(14)10-6(15)9-2/h14H,1H2,(H,11,13)(H4,7,8,12)(H2,9,10,15). The molecule has 0 fully saturated rings. The maximum atomic E-state index is 11.1. The zero-order valence-electron chi connectivity index (χ0n) is 7.57. The molecule has 82 valence electrons. The molecule has 1 aromatic rings. The van der Waals surface area contributed by atoms with Gasteiger partial charge < -0.3 is 21.6 Å². The lowest BCUT2D eigenvalue weighted by Gasteiger charge is -1.98. The molecule has 1 aromatic heterocycles. The fourth-order valence-corrected chi connectivity index (χ4v) is 0.865. The number of carbonyl (C=O) groups excluding carboxylic acids is 1. The van der Waals surface area contributed by atoms with E-state index < -0.39 is 11.6 Å². The van der Waals surface area contributed by atoms with Crippen molar-refractivity contribution in [3.8, 4) is 5.88 Å². The van der Waals surface area contributed by atoms with Gasteiger partial charge >= 0.3 is 5.69 Å². The van der Waals surface area contributed by atoms with Crippen molar-refractivity contribution in [2.24, 2.45) is 16.6 Å². The van der Waals surface area contributed by atoms with Gasteiger partial charge in [0.05, 0.1) is 12.1 Å². The summed E-state index contributed by atoms with van der Waals surface area (Å²) in [6.45, 7) is 0. The molecule has 0 saturated heterocycles. The Labute approximate surface area is 83.2 Å². The average Bonchev–Trinajstić information content (AvgIpc) is 2.42. The lowest BCUT2D eigenvalue weighted by atomic mass is 10.3. The molecule has 0 aliphatic heterocycles. The summed E-state index contributed by atoms with van der Waals surface area (Å²) in [4.78, 5) is 26.1. The van der Waals surface area contributed by atoms with E-state index in [1.807, 2.05) is 5.43 Å². The number of aromatic nitrogens is 2. The van der Waals surface area contributed by atoms with Crippen molar-refractivity contribution in [2.45, 2.75) is 6.42 Å². The smallest absolute Gasteiger partial charge is 0.325 e. The average molecular weight is 214 g/mol. The highest BCUT2D eigenvalue weighted by Gasteiger charge is 2.10. The molecule has 0 spiro atoms. The molecule has 0 saturated carbocycles. The molecule has 15 heavy (non-hydrogen) atoms. The molecule has 1 heterocycles. The number of H-pyrrole nitrogens is 2. The van der Waals surface area contributed by atoms with Gasteiger partial charge in [-0.2, -0.15) is 0 Å². The Hall–Kier alpha value is -2.45. The van der Waals surface area contributed by atoms with Gasteiger partial charge in [0, 0.05) is 0 Å². The summed E-state index contributed by atoms with van der Waals surface area (Å²) in [5, 5.41) is 12.4. The molecule has 0 radical (unpaired) electrons. The molecule has 0 bridgehead atoms. The third kappa shape index (κ3) is 3.06. The van der Waals surface area contributed by atoms with Crippen molar-refractivity contribution in [1.82, 2.24) is 15.4 Å². The van der Waals surface area contributed by atoms with Crippen molar-refractivity contribution in [3.63, 3.8) is 0 Å². The third-order valence-electron chi connectivity index (χ3n) is 1.43. The Morgan fingerprint density at radius 3 is 2.60 bits per heavy atom. The highest BCUT2D eigenvalue weighted by molar-refractivity contribution is 5.81. The van der Waals surface area contributed by atoms with Crippen molar-refractivity contribution in [3.05, 3.63) is 16.2 Å². The van der Waals surface area contributed by atoms with Gasteiger partial charge in [0.15, 0.2) is 0 Å². The van der Waals surface area contributed by atoms with Crippen molar-refractivity contribution < 1.29 is 9.90 Å². The van der Waals surface area contributed by atoms with Gasteiger partial charge in [-0.25, -0.2) is 10.2 Å². The summed E-state index contributed by atoms with van der Waals surface area (Å²) in [5.41, 5.74) is 11.4. The number of nitrogens with one attached hydrogen (secondary N) is 3. The minimum absolute atomic E-state index is 0.0586. The molecular formula is C6H10N6O3. The second-order valence-corrected chi connectivity index (χ2v) is 2.65. The molecule has 8 N–H and O–H groups in total. The van der Waals surface area contributed by atoms with E-state index in [2.05, 4.69) is 15.1 Å². The van der Waals surface area contributed by atoms with Crippen molar-refractivity contribution >= 4 is 11.9 Å². The Morgan fingerprint density at radius 2 is 2.13 bits per heavy atom. The first kappa shape index (κ1) is 10.6. The lowest BCUT2D eigenvalue weighted by molar-refractivity contribution is -0.120. The van der Waals surface area contributed by atoms with Crippen LogP contribution in [-0.2, 0) is 11.2 Å². The fourth-order valence-electron chi connectivity index (χ4n) is 0.865. The topological polar surface area (TPSA) is 162 Å². The third-order valence-corrected chi connectivity index (χ3v) is 1.43. The maximum Gasteiger partial charge on any atom is 0.325 e. The molecule has 1 amide bonds. The summed E-state index contributed by atoms with van der Waals surface area (Å²) < 4.78 is 0. The number of carbonyl (C=O) groups is 1. The number of imidazole rings is 1. The summed E-state index contributed by atoms with van der Waals surface area (Å²) in [6.07, 6.45) is -0.249. The molecular weight excluding hydrogens is 204 g/mol. The van der Waals surface area contributed by atoms with E-state index in [4.69, 9.17) is 16.6 Å². The number of nitrogens with zero attached hydrogens (tertiary/aromatic N) is 1. The SMILES string of the molecule is NC(N)=NNC(=O)Cc1[nH]c(=O)[nH]c1O. The molecule has 9 heteroatoms. The highest BCUT2D eigenvalue weighted by atomic mass is 16.3. The summed E-state index contributed by atoms with van der Waals surface area (Å²) in [6, 6.07) is 0. The van der Waals surface area contributed by atoms with Gasteiger partial charge in [0.25, 0.3) is 0 Å². The van der Waals surface area contributed by atoms with E-state index in [9.17, 15) is 9.59 Å². The molecule has 0 unspecified atom stereocenters. The Morgan fingerprint density at radius 1 is 1.47 bits per heavy atom. The van der Waals surface area contributed by atoms with Crippen LogP contribution >= 0.6 is 0 Å². The van der Waals surface area contributed by atoms with Crippen LogP contribution in [0, 0.1) is 0 Å². The first-order valence-electron chi connectivity index (χ1n) is 3.86. The summed E-state index contributed by atoms with van der Waals surface area (Å²) in [5.74, 6) is -1.26. The van der Waals surface area contributed by atoms with E-state index in [1.54, 1.807) is 0 Å². The normalized spacial score (nSPS) is 9.60. The molecule has 0 aromatic carbocycles. The fraction of sp³-hybridized carbons (Fsp3) is 0.167. The Kier molecular flexibility index (Phi) is 2.96. The zero-order valence-corrected chi connectivity index (χ0v) is 7.57. The van der Waals surface area contributed by atoms with Crippen LogP contribution in [0.15, 0.2) is 9.90 Å². The largest absolute Gasteiger partial charge is 0.493 e. The van der Waals surface area contributed by atoms with Crippen LogP contribution in [0.25, 0.3) is 0 Å². The van der Waals surface area contributed by atoms with Crippen LogP contribution in [0.2, 0.25) is 0 Å². The minimum Gasteiger partial charge on any atom is -0.493 e. The van der Waals surface area contributed by atoms with E-state index >= 15 is 0 Å². The lowest BCUT2D eigenvalue weighted by Crippen LogP contribution is -2.29. The maximum absolute atomic E-state index is 11.1. The number of aromatic amines is 2. The van der Waals surface area contributed by atoms with Crippen LogP contribution < -0.4 is 22.6 Å². The van der Waals surface area contributed by atoms with Crippen LogP contribution in [0.4, 0.5) is 0 Å². The number of nitrogens with two attached hydrogens (primary N) is 2. The molecule has 0 atom stereocenters. The number of hydrogen-bond acceptors (Lipinski definition) is 4. The number of hydrogen-bond donors (Lipinski definition) is 6. The predicted octanol–water partition coefficient (Wildman–Crippen LogP) is -2.74. The first-order chi connectivity index (χ1) is 6.99. The van der Waals surface area contributed by atoms with Crippen LogP contribution in [0.5, 0.6) is 5.88 Å². The van der Waals surface area contributed by atoms with Gasteiger partial charge in [0.1, 0.15) is 0 Å². The number of amides is 1. The zero-order chi connectivity index (χ0) is 11.4. The van der Waals surface area contributed by atoms with E-state index in [0.717, 1.165) is 0 Å². The number of aromatic hydroxyl groups is 1. The van der Waals surface area contributed by atoms with Crippen LogP contribution in [0.1, 0.15) is 5.69 Å². The molecule has 1 rings (SSSR count). The van der Waals surface area contributed by atoms with E-state index in [0.29, 0.717) is 0 Å². The monoisotopic (exact) mass is 214 g/mol. The summed E-state index contributed by atoms with van der Waals surface area (Å²) >= 11 is 0. The first-order valence-corrected chi connectivity index (χ1v) is 3.86. The van der Waals surface area contributed by atoms with Crippen LogP contribution in [0.3, 0.4) is 0 Å². The quantitative estimate of drug-likeness (QED) is 0.182. The van der Waals surface area contributed by atoms with E-state index in [-0.39, 0.29) is 24.0 Å². The van der Waals surface area contributed by atoms with E-state index in [1.165, 1.54) is 0 Å². The molecule has 9 nitrogen and oxygen atoms in total. The van der Waals surface area contributed by atoms with Gasteiger partial charge in [-0.3, -0.25) is 9.78 Å². The van der Waals surface area contributed by atoms with Crippen molar-refractivity contribution in [2.75, 3.05) is 0 Å². The number of rotatable bonds is 3. The highest BCUT2D eigenvalue weighted by Crippen LogP contribution is 2.07. The second-order valence-electron chi connectivity index (χ2n) is 2.65. The van der Waals surface area contributed by atoms with Gasteiger partial charge in [-0.05, 0) is 0 Å². The van der Waals surface area contributed by atoms with Gasteiger partial charge in [-0.1, -0.05) is 0 Å². The Bertz CT molecular complexity index is 440. The Balaban J connectivity index is 2.63. The van der Waals surface area contributed by atoms with Crippen LogP contribution in [-0.4, -0.2) is 26.9 Å². The molecule has 0 aliphatic rings. The number of guanidine groups is 1. The minimum atomic E-state index is -0.600. The van der Waals surface area contributed by atoms with Crippen molar-refractivity contribution in [1.29, 1.82) is 0 Å². The predicted molar refractivity (Wildman–Crippen MR) is 50.7 cm³/mol. The molecule has 0 aliphatic carbocycles. The number of hydrazone groups is 1. The van der Waals surface area contributed by atoms with Gasteiger partial charge in [0.2, 0.25) is 17.7 Å².